The Hall–Kier alpha value is -2.15. The van der Waals surface area contributed by atoms with Gasteiger partial charge in [0.25, 0.3) is 5.91 Å². The van der Waals surface area contributed by atoms with Gasteiger partial charge in [-0.25, -0.2) is 0 Å². The highest BCUT2D eigenvalue weighted by molar-refractivity contribution is 5.95. The van der Waals surface area contributed by atoms with Gasteiger partial charge in [0.15, 0.2) is 5.75 Å². The summed E-state index contributed by atoms with van der Waals surface area (Å²) in [5, 5.41) is 22.8. The number of carbonyl (C=O) groups excluding carboxylic acids is 1. The van der Waals surface area contributed by atoms with E-state index in [4.69, 9.17) is 4.74 Å². The van der Waals surface area contributed by atoms with E-state index >= 15 is 0 Å². The topological polar surface area (TPSA) is 102 Å². The zero-order valence-electron chi connectivity index (χ0n) is 11.6. The third-order valence-electron chi connectivity index (χ3n) is 3.46. The van der Waals surface area contributed by atoms with Crippen molar-refractivity contribution in [3.05, 3.63) is 33.9 Å². The summed E-state index contributed by atoms with van der Waals surface area (Å²) >= 11 is 0. The van der Waals surface area contributed by atoms with Crippen LogP contribution in [0.25, 0.3) is 0 Å². The van der Waals surface area contributed by atoms with Crippen molar-refractivity contribution in [1.82, 2.24) is 5.32 Å². The molecule has 1 atom stereocenters. The fraction of sp³-hybridized carbons (Fsp3) is 0.500. The number of ether oxygens (including phenoxy) is 1. The summed E-state index contributed by atoms with van der Waals surface area (Å²) in [5.74, 6) is -0.846. The number of nitrogens with zero attached hydrogens (tertiary/aromatic N) is 1. The van der Waals surface area contributed by atoms with Crippen molar-refractivity contribution in [2.24, 2.45) is 0 Å². The van der Waals surface area contributed by atoms with E-state index in [-0.39, 0.29) is 11.7 Å². The number of aromatic hydroxyl groups is 1. The average molecular weight is 294 g/mol. The largest absolute Gasteiger partial charge is 0.502 e. The summed E-state index contributed by atoms with van der Waals surface area (Å²) < 4.78 is 5.56. The molecule has 1 amide bonds. The Morgan fingerprint density at radius 3 is 2.95 bits per heavy atom. The number of rotatable bonds is 5. The van der Waals surface area contributed by atoms with E-state index in [9.17, 15) is 20.0 Å². The Morgan fingerprint density at radius 1 is 1.48 bits per heavy atom. The summed E-state index contributed by atoms with van der Waals surface area (Å²) in [5.41, 5.74) is -0.317. The molecule has 0 radical (unpaired) electrons. The van der Waals surface area contributed by atoms with E-state index < -0.39 is 22.3 Å². The highest BCUT2D eigenvalue weighted by Crippen LogP contribution is 2.26. The highest BCUT2D eigenvalue weighted by atomic mass is 16.6. The van der Waals surface area contributed by atoms with Crippen molar-refractivity contribution in [3.8, 4) is 5.75 Å². The smallest absolute Gasteiger partial charge is 0.311 e. The van der Waals surface area contributed by atoms with Crippen molar-refractivity contribution in [2.45, 2.75) is 31.8 Å². The van der Waals surface area contributed by atoms with Crippen LogP contribution in [0.2, 0.25) is 0 Å². The van der Waals surface area contributed by atoms with Crippen molar-refractivity contribution in [2.75, 3.05) is 13.2 Å². The fourth-order valence-corrected chi connectivity index (χ4v) is 2.29. The molecule has 0 spiro atoms. The molecule has 114 valence electrons. The molecular formula is C14H18N2O5. The second-order valence-electron chi connectivity index (χ2n) is 4.99. The summed E-state index contributed by atoms with van der Waals surface area (Å²) in [6.45, 7) is 1.22. The van der Waals surface area contributed by atoms with Gasteiger partial charge in [-0.05, 0) is 37.8 Å². The molecule has 1 aromatic rings. The zero-order chi connectivity index (χ0) is 15.2. The zero-order valence-corrected chi connectivity index (χ0v) is 11.6. The fourth-order valence-electron chi connectivity index (χ4n) is 2.29. The van der Waals surface area contributed by atoms with Crippen molar-refractivity contribution in [3.63, 3.8) is 0 Å². The van der Waals surface area contributed by atoms with Crippen molar-refractivity contribution >= 4 is 11.6 Å². The van der Waals surface area contributed by atoms with E-state index in [1.165, 1.54) is 6.07 Å². The normalized spacial score (nSPS) is 18.2. The first-order valence-electron chi connectivity index (χ1n) is 6.95. The molecule has 1 fully saturated rings. The van der Waals surface area contributed by atoms with Crippen LogP contribution in [-0.2, 0) is 4.74 Å². The van der Waals surface area contributed by atoms with E-state index in [0.717, 1.165) is 44.4 Å². The van der Waals surface area contributed by atoms with Crippen molar-refractivity contribution in [1.29, 1.82) is 0 Å². The van der Waals surface area contributed by atoms with Crippen molar-refractivity contribution < 1.29 is 19.6 Å². The van der Waals surface area contributed by atoms with Crippen LogP contribution in [0, 0.1) is 10.1 Å². The molecular weight excluding hydrogens is 276 g/mol. The maximum atomic E-state index is 11.9. The molecule has 7 heteroatoms. The van der Waals surface area contributed by atoms with Gasteiger partial charge in [0, 0.05) is 24.8 Å². The lowest BCUT2D eigenvalue weighted by Crippen LogP contribution is -2.29. The molecule has 1 heterocycles. The third-order valence-corrected chi connectivity index (χ3v) is 3.46. The number of benzene rings is 1. The predicted molar refractivity (Wildman–Crippen MR) is 75.3 cm³/mol. The Kier molecular flexibility index (Phi) is 5.10. The molecule has 0 aromatic heterocycles. The lowest BCUT2D eigenvalue weighted by molar-refractivity contribution is -0.385. The number of hydrogen-bond donors (Lipinski definition) is 2. The first-order chi connectivity index (χ1) is 10.1. The van der Waals surface area contributed by atoms with Gasteiger partial charge in [-0.1, -0.05) is 0 Å². The van der Waals surface area contributed by atoms with Gasteiger partial charge >= 0.3 is 5.69 Å². The number of phenolic OH excluding ortho intramolecular Hbond substituents is 1. The molecule has 21 heavy (non-hydrogen) atoms. The summed E-state index contributed by atoms with van der Waals surface area (Å²) in [6, 6.07) is 3.58. The molecule has 0 bridgehead atoms. The Morgan fingerprint density at radius 2 is 2.29 bits per heavy atom. The Labute approximate surface area is 122 Å². The summed E-state index contributed by atoms with van der Waals surface area (Å²) in [7, 11) is 0. The molecule has 7 nitrogen and oxygen atoms in total. The van der Waals surface area contributed by atoms with Gasteiger partial charge < -0.3 is 15.2 Å². The number of amides is 1. The van der Waals surface area contributed by atoms with E-state index in [0.29, 0.717) is 6.54 Å². The van der Waals surface area contributed by atoms with Crippen LogP contribution in [0.3, 0.4) is 0 Å². The van der Waals surface area contributed by atoms with Gasteiger partial charge in [0.1, 0.15) is 0 Å². The number of nitrogens with one attached hydrogen (secondary N) is 1. The maximum absolute atomic E-state index is 11.9. The molecule has 1 aliphatic heterocycles. The quantitative estimate of drug-likeness (QED) is 0.638. The molecule has 1 aliphatic rings. The second-order valence-corrected chi connectivity index (χ2v) is 4.99. The number of hydrogen-bond acceptors (Lipinski definition) is 5. The molecule has 2 N–H and O–H groups in total. The lowest BCUT2D eigenvalue weighted by atomic mass is 10.1. The summed E-state index contributed by atoms with van der Waals surface area (Å²) in [6.07, 6.45) is 4.13. The molecule has 2 rings (SSSR count). The minimum atomic E-state index is -0.720. The third kappa shape index (κ3) is 4.16. The van der Waals surface area contributed by atoms with Gasteiger partial charge in [-0.15, -0.1) is 0 Å². The first kappa shape index (κ1) is 15.2. The Balaban J connectivity index is 1.88. The van der Waals surface area contributed by atoms with E-state index in [1.807, 2.05) is 0 Å². The van der Waals surface area contributed by atoms with Crippen LogP contribution in [-0.4, -0.2) is 35.2 Å². The van der Waals surface area contributed by atoms with Gasteiger partial charge in [0.2, 0.25) is 0 Å². The van der Waals surface area contributed by atoms with E-state index in [2.05, 4.69) is 5.32 Å². The number of phenols is 1. The molecule has 1 saturated heterocycles. The number of nitro groups is 1. The SMILES string of the molecule is O=C(NCC[C@@H]1CCCCO1)c1ccc(O)c([N+](=O)[O-])c1. The van der Waals surface area contributed by atoms with Gasteiger partial charge in [-0.3, -0.25) is 14.9 Å². The van der Waals surface area contributed by atoms with Crippen LogP contribution < -0.4 is 5.32 Å². The molecule has 0 unspecified atom stereocenters. The second kappa shape index (κ2) is 7.03. The maximum Gasteiger partial charge on any atom is 0.311 e. The van der Waals surface area contributed by atoms with Crippen LogP contribution in [0.1, 0.15) is 36.0 Å². The van der Waals surface area contributed by atoms with Crippen LogP contribution in [0.15, 0.2) is 18.2 Å². The predicted octanol–water partition coefficient (Wildman–Crippen LogP) is 1.99. The lowest BCUT2D eigenvalue weighted by Gasteiger charge is -2.22. The first-order valence-corrected chi connectivity index (χ1v) is 6.95. The highest BCUT2D eigenvalue weighted by Gasteiger charge is 2.18. The molecule has 1 aromatic carbocycles. The van der Waals surface area contributed by atoms with Gasteiger partial charge in [-0.2, -0.15) is 0 Å². The van der Waals surface area contributed by atoms with Gasteiger partial charge in [0.05, 0.1) is 11.0 Å². The molecule has 0 aliphatic carbocycles. The summed E-state index contributed by atoms with van der Waals surface area (Å²) in [4.78, 5) is 21.9. The monoisotopic (exact) mass is 294 g/mol. The minimum absolute atomic E-state index is 0.157. The van der Waals surface area contributed by atoms with E-state index in [1.54, 1.807) is 0 Å². The van der Waals surface area contributed by atoms with Crippen LogP contribution in [0.5, 0.6) is 5.75 Å². The number of nitro benzene ring substituents is 1. The standard InChI is InChI=1S/C14H18N2O5/c17-13-5-4-10(9-12(13)16(19)20)14(18)15-7-6-11-3-1-2-8-21-11/h4-5,9,11,17H,1-3,6-8H2,(H,15,18)/t11-/m0/s1. The number of carbonyl (C=O) groups is 1. The molecule has 0 saturated carbocycles. The average Bonchev–Trinajstić information content (AvgIpc) is 2.48. The Bertz CT molecular complexity index is 526. The van der Waals surface area contributed by atoms with Crippen LogP contribution in [0.4, 0.5) is 5.69 Å². The minimum Gasteiger partial charge on any atom is -0.502 e. The van der Waals surface area contributed by atoms with Crippen LogP contribution >= 0.6 is 0 Å².